The number of nitrogens with zero attached hydrogens (tertiary/aromatic N) is 1. The van der Waals surface area contributed by atoms with Crippen LogP contribution in [0.25, 0.3) is 6.08 Å². The number of amides is 1. The van der Waals surface area contributed by atoms with Gasteiger partial charge >= 0.3 is 0 Å². The number of aryl methyl sites for hydroxylation is 1. The molecule has 0 atom stereocenters. The molecule has 154 valence electrons. The van der Waals surface area contributed by atoms with Crippen LogP contribution in [0.15, 0.2) is 53.9 Å². The van der Waals surface area contributed by atoms with Gasteiger partial charge in [0.1, 0.15) is 5.82 Å². The van der Waals surface area contributed by atoms with Gasteiger partial charge in [-0.1, -0.05) is 42.5 Å². The summed E-state index contributed by atoms with van der Waals surface area (Å²) in [5.74, 6) is -0.656. The van der Waals surface area contributed by atoms with Crippen molar-refractivity contribution in [1.29, 1.82) is 0 Å². The maximum atomic E-state index is 13.6. The average Bonchev–Trinajstić information content (AvgIpc) is 2.74. The van der Waals surface area contributed by atoms with Gasteiger partial charge in [-0.15, -0.1) is 0 Å². The lowest BCUT2D eigenvalue weighted by Crippen LogP contribution is -2.42. The van der Waals surface area contributed by atoms with Gasteiger partial charge in [-0.25, -0.2) is 12.8 Å². The third kappa shape index (κ3) is 5.74. The molecule has 1 aliphatic rings. The smallest absolute Gasteiger partial charge is 0.236 e. The zero-order chi connectivity index (χ0) is 20.9. The summed E-state index contributed by atoms with van der Waals surface area (Å²) in [6.07, 6.45) is 2.51. The molecule has 0 aliphatic carbocycles. The minimum absolute atomic E-state index is 0.122. The van der Waals surface area contributed by atoms with Crippen LogP contribution < -0.4 is 5.32 Å². The first-order valence-electron chi connectivity index (χ1n) is 9.61. The van der Waals surface area contributed by atoms with Crippen LogP contribution in [-0.2, 0) is 21.4 Å². The molecule has 2 aromatic rings. The van der Waals surface area contributed by atoms with Gasteiger partial charge in [-0.05, 0) is 48.6 Å². The molecule has 29 heavy (non-hydrogen) atoms. The van der Waals surface area contributed by atoms with Crippen LogP contribution in [0, 0.1) is 18.7 Å². The van der Waals surface area contributed by atoms with E-state index >= 15 is 0 Å². The number of sulfonamides is 1. The second kappa shape index (κ2) is 9.33. The average molecular weight is 417 g/mol. The quantitative estimate of drug-likeness (QED) is 0.784. The first kappa shape index (κ1) is 21.2. The highest BCUT2D eigenvalue weighted by molar-refractivity contribution is 7.92. The van der Waals surface area contributed by atoms with Gasteiger partial charge < -0.3 is 5.32 Å². The van der Waals surface area contributed by atoms with Crippen molar-refractivity contribution in [3.63, 3.8) is 0 Å². The minimum Gasteiger partial charge on any atom is -0.352 e. The van der Waals surface area contributed by atoms with Gasteiger partial charge in [-0.2, -0.15) is 4.31 Å². The van der Waals surface area contributed by atoms with Gasteiger partial charge in [0.05, 0.1) is 0 Å². The van der Waals surface area contributed by atoms with Crippen molar-refractivity contribution in [2.45, 2.75) is 26.3 Å². The molecular weight excluding hydrogens is 391 g/mol. The van der Waals surface area contributed by atoms with E-state index in [2.05, 4.69) is 5.32 Å². The standard InChI is InChI=1S/C22H25FN2O3S/c1-17-7-8-19(15-21(17)23)16-24-22(26)20-9-12-25(13-10-20)29(27,28)14-11-18-5-3-2-4-6-18/h2-8,11,14-15,20H,9-10,12-13,16H2,1H3,(H,24,26)/b14-11+. The van der Waals surface area contributed by atoms with Crippen LogP contribution in [0.1, 0.15) is 29.5 Å². The molecule has 0 saturated carbocycles. The number of halogens is 1. The van der Waals surface area contributed by atoms with Gasteiger partial charge in [0, 0.05) is 31.0 Å². The van der Waals surface area contributed by atoms with Gasteiger partial charge in [0.15, 0.2) is 0 Å². The van der Waals surface area contributed by atoms with E-state index in [1.807, 2.05) is 30.3 Å². The number of rotatable bonds is 6. The molecule has 1 aliphatic heterocycles. The van der Waals surface area contributed by atoms with Crippen LogP contribution in [0.2, 0.25) is 0 Å². The number of hydrogen-bond donors (Lipinski definition) is 1. The summed E-state index contributed by atoms with van der Waals surface area (Å²) in [5, 5.41) is 4.04. The molecule has 5 nitrogen and oxygen atoms in total. The highest BCUT2D eigenvalue weighted by Gasteiger charge is 2.29. The molecule has 1 fully saturated rings. The van der Waals surface area contributed by atoms with Crippen molar-refractivity contribution >= 4 is 22.0 Å². The molecule has 1 amide bonds. The lowest BCUT2D eigenvalue weighted by atomic mass is 9.97. The van der Waals surface area contributed by atoms with E-state index in [9.17, 15) is 17.6 Å². The van der Waals surface area contributed by atoms with E-state index in [1.54, 1.807) is 25.1 Å². The van der Waals surface area contributed by atoms with Crippen molar-refractivity contribution in [3.8, 4) is 0 Å². The fraction of sp³-hybridized carbons (Fsp3) is 0.318. The zero-order valence-electron chi connectivity index (χ0n) is 16.3. The highest BCUT2D eigenvalue weighted by Crippen LogP contribution is 2.21. The van der Waals surface area contributed by atoms with Crippen molar-refractivity contribution in [2.24, 2.45) is 5.92 Å². The largest absolute Gasteiger partial charge is 0.352 e. The predicted molar refractivity (Wildman–Crippen MR) is 112 cm³/mol. The van der Waals surface area contributed by atoms with Crippen LogP contribution >= 0.6 is 0 Å². The Morgan fingerprint density at radius 2 is 1.86 bits per heavy atom. The first-order chi connectivity index (χ1) is 13.8. The SMILES string of the molecule is Cc1ccc(CNC(=O)C2CCN(S(=O)(=O)/C=C/c3ccccc3)CC2)cc1F. The van der Waals surface area contributed by atoms with Crippen molar-refractivity contribution < 1.29 is 17.6 Å². The minimum atomic E-state index is -3.52. The predicted octanol–water partition coefficient (Wildman–Crippen LogP) is 3.46. The Hall–Kier alpha value is -2.51. The van der Waals surface area contributed by atoms with E-state index in [1.165, 1.54) is 15.8 Å². The molecule has 7 heteroatoms. The lowest BCUT2D eigenvalue weighted by Gasteiger charge is -2.29. The Morgan fingerprint density at radius 3 is 2.52 bits per heavy atom. The summed E-state index contributed by atoms with van der Waals surface area (Å²) in [4.78, 5) is 12.4. The third-order valence-corrected chi connectivity index (χ3v) is 6.68. The molecular formula is C22H25FN2O3S. The van der Waals surface area contributed by atoms with Crippen LogP contribution in [0.3, 0.4) is 0 Å². The maximum Gasteiger partial charge on any atom is 0.236 e. The summed E-state index contributed by atoms with van der Waals surface area (Å²) in [7, 11) is -3.52. The molecule has 1 saturated heterocycles. The molecule has 0 unspecified atom stereocenters. The van der Waals surface area contributed by atoms with Crippen LogP contribution in [-0.4, -0.2) is 31.7 Å². The third-order valence-electron chi connectivity index (χ3n) is 5.12. The number of carbonyl (C=O) groups excluding carboxylic acids is 1. The monoisotopic (exact) mass is 416 g/mol. The van der Waals surface area contributed by atoms with Gasteiger partial charge in [-0.3, -0.25) is 4.79 Å². The van der Waals surface area contributed by atoms with E-state index in [0.29, 0.717) is 37.1 Å². The Morgan fingerprint density at radius 1 is 1.17 bits per heavy atom. The fourth-order valence-electron chi connectivity index (χ4n) is 3.27. The Labute approximate surface area is 171 Å². The molecule has 1 N–H and O–H groups in total. The van der Waals surface area contributed by atoms with E-state index in [0.717, 1.165) is 5.56 Å². The zero-order valence-corrected chi connectivity index (χ0v) is 17.2. The van der Waals surface area contributed by atoms with Crippen molar-refractivity contribution in [3.05, 3.63) is 76.4 Å². The molecule has 0 bridgehead atoms. The Balaban J connectivity index is 1.50. The summed E-state index contributed by atoms with van der Waals surface area (Å²) >= 11 is 0. The lowest BCUT2D eigenvalue weighted by molar-refractivity contribution is -0.126. The van der Waals surface area contributed by atoms with Gasteiger partial charge in [0.25, 0.3) is 0 Å². The number of hydrogen-bond acceptors (Lipinski definition) is 3. The van der Waals surface area contributed by atoms with Crippen LogP contribution in [0.5, 0.6) is 0 Å². The first-order valence-corrected chi connectivity index (χ1v) is 11.1. The highest BCUT2D eigenvalue weighted by atomic mass is 32.2. The summed E-state index contributed by atoms with van der Waals surface area (Å²) < 4.78 is 40.0. The van der Waals surface area contributed by atoms with Gasteiger partial charge in [0.2, 0.25) is 15.9 Å². The maximum absolute atomic E-state index is 13.6. The van der Waals surface area contributed by atoms with Crippen molar-refractivity contribution in [2.75, 3.05) is 13.1 Å². The van der Waals surface area contributed by atoms with Crippen LogP contribution in [0.4, 0.5) is 4.39 Å². The summed E-state index contributed by atoms with van der Waals surface area (Å²) in [6.45, 7) is 2.56. The Kier molecular flexibility index (Phi) is 6.82. The molecule has 2 aromatic carbocycles. The molecule has 1 heterocycles. The molecule has 0 aromatic heterocycles. The number of benzene rings is 2. The molecule has 0 radical (unpaired) electrons. The Bertz CT molecular complexity index is 982. The molecule has 3 rings (SSSR count). The normalized spacial score (nSPS) is 16.2. The topological polar surface area (TPSA) is 66.5 Å². The van der Waals surface area contributed by atoms with E-state index < -0.39 is 10.0 Å². The van der Waals surface area contributed by atoms with E-state index in [4.69, 9.17) is 0 Å². The number of carbonyl (C=O) groups is 1. The van der Waals surface area contributed by atoms with E-state index in [-0.39, 0.29) is 24.2 Å². The number of piperidine rings is 1. The fourth-order valence-corrected chi connectivity index (χ4v) is 4.49. The second-order valence-corrected chi connectivity index (χ2v) is 9.05. The number of nitrogens with one attached hydrogen (secondary N) is 1. The summed E-state index contributed by atoms with van der Waals surface area (Å²) in [5.41, 5.74) is 2.08. The second-order valence-electron chi connectivity index (χ2n) is 7.23. The molecule has 0 spiro atoms. The summed E-state index contributed by atoms with van der Waals surface area (Å²) in [6, 6.07) is 14.1. The van der Waals surface area contributed by atoms with Crippen molar-refractivity contribution in [1.82, 2.24) is 9.62 Å².